The fourth-order valence-corrected chi connectivity index (χ4v) is 3.77. The number of nitrogens with zero attached hydrogens (tertiary/aromatic N) is 4. The molecule has 1 aliphatic rings. The molecule has 0 saturated heterocycles. The van der Waals surface area contributed by atoms with Crippen molar-refractivity contribution in [1.82, 2.24) is 14.8 Å². The number of aromatic nitrogens is 3. The SMILES string of the molecule is CC.O=C1c2nn(Cc3ncccc3F)c(Cl)c2CCN1c1cc(CO)cc(Cl)c1F. The summed E-state index contributed by atoms with van der Waals surface area (Å²) >= 11 is 12.3. The van der Waals surface area contributed by atoms with Gasteiger partial charge in [0.25, 0.3) is 5.91 Å². The van der Waals surface area contributed by atoms with Crippen LogP contribution in [0.5, 0.6) is 0 Å². The molecule has 3 aromatic rings. The summed E-state index contributed by atoms with van der Waals surface area (Å²) in [6.07, 6.45) is 1.77. The van der Waals surface area contributed by atoms with Crippen LogP contribution < -0.4 is 4.90 Å². The summed E-state index contributed by atoms with van der Waals surface area (Å²) in [4.78, 5) is 18.2. The first-order chi connectivity index (χ1) is 14.9. The fraction of sp³-hybridized carbons (Fsp3) is 0.286. The van der Waals surface area contributed by atoms with Gasteiger partial charge in [-0.15, -0.1) is 0 Å². The number of benzene rings is 1. The minimum absolute atomic E-state index is 0.0429. The first-order valence-electron chi connectivity index (χ1n) is 9.66. The largest absolute Gasteiger partial charge is 0.392 e. The van der Waals surface area contributed by atoms with E-state index >= 15 is 0 Å². The third-order valence-electron chi connectivity index (χ3n) is 4.69. The Bertz CT molecular complexity index is 1120. The van der Waals surface area contributed by atoms with Crippen LogP contribution >= 0.6 is 23.2 Å². The van der Waals surface area contributed by atoms with Crippen LogP contribution in [0, 0.1) is 11.6 Å². The Kier molecular flexibility index (Phi) is 7.25. The number of aliphatic hydroxyl groups excluding tert-OH is 1. The molecule has 4 rings (SSSR count). The number of anilines is 1. The van der Waals surface area contributed by atoms with E-state index in [0.29, 0.717) is 17.5 Å². The van der Waals surface area contributed by atoms with Crippen LogP contribution in [0.15, 0.2) is 30.5 Å². The molecular formula is C21H20Cl2F2N4O2. The Hall–Kier alpha value is -2.55. The Morgan fingerprint density at radius 2 is 1.97 bits per heavy atom. The molecule has 0 unspecified atom stereocenters. The summed E-state index contributed by atoms with van der Waals surface area (Å²) < 4.78 is 29.8. The van der Waals surface area contributed by atoms with E-state index in [1.165, 1.54) is 40.0 Å². The summed E-state index contributed by atoms with van der Waals surface area (Å²) in [7, 11) is 0. The molecule has 6 nitrogen and oxygen atoms in total. The number of fused-ring (bicyclic) bond motifs is 1. The van der Waals surface area contributed by atoms with Gasteiger partial charge in [0.15, 0.2) is 11.5 Å². The number of hydrogen-bond donors (Lipinski definition) is 1. The molecular weight excluding hydrogens is 449 g/mol. The molecule has 1 aromatic carbocycles. The van der Waals surface area contributed by atoms with Crippen molar-refractivity contribution in [1.29, 1.82) is 0 Å². The van der Waals surface area contributed by atoms with Crippen molar-refractivity contribution in [2.45, 2.75) is 33.4 Å². The molecule has 2 aromatic heterocycles. The molecule has 1 amide bonds. The second-order valence-electron chi connectivity index (χ2n) is 6.48. The summed E-state index contributed by atoms with van der Waals surface area (Å²) in [6.45, 7) is 3.75. The van der Waals surface area contributed by atoms with Gasteiger partial charge in [0.1, 0.15) is 11.0 Å². The highest BCUT2D eigenvalue weighted by atomic mass is 35.5. The van der Waals surface area contributed by atoms with E-state index < -0.39 is 17.5 Å². The van der Waals surface area contributed by atoms with E-state index in [1.807, 2.05) is 13.8 Å². The quantitative estimate of drug-likeness (QED) is 0.605. The van der Waals surface area contributed by atoms with E-state index in [-0.39, 0.29) is 46.9 Å². The minimum atomic E-state index is -0.762. The number of rotatable bonds is 4. The summed E-state index contributed by atoms with van der Waals surface area (Å²) in [5, 5.41) is 13.6. The van der Waals surface area contributed by atoms with Crippen LogP contribution in [0.2, 0.25) is 10.2 Å². The molecule has 3 heterocycles. The van der Waals surface area contributed by atoms with Crippen molar-refractivity contribution >= 4 is 34.8 Å². The Morgan fingerprint density at radius 1 is 1.23 bits per heavy atom. The Labute approximate surface area is 188 Å². The van der Waals surface area contributed by atoms with Gasteiger partial charge >= 0.3 is 0 Å². The molecule has 0 saturated carbocycles. The van der Waals surface area contributed by atoms with Crippen molar-refractivity contribution in [2.75, 3.05) is 11.4 Å². The lowest BCUT2D eigenvalue weighted by molar-refractivity contribution is 0.0974. The van der Waals surface area contributed by atoms with E-state index in [2.05, 4.69) is 10.1 Å². The van der Waals surface area contributed by atoms with Gasteiger partial charge in [-0.2, -0.15) is 5.10 Å². The zero-order valence-corrected chi connectivity index (χ0v) is 18.4. The lowest BCUT2D eigenvalue weighted by Gasteiger charge is -2.27. The zero-order valence-electron chi connectivity index (χ0n) is 16.9. The summed E-state index contributed by atoms with van der Waals surface area (Å²) in [6, 6.07) is 5.41. The zero-order chi connectivity index (χ0) is 22.7. The maximum absolute atomic E-state index is 14.6. The van der Waals surface area contributed by atoms with Gasteiger partial charge in [0.05, 0.1) is 29.6 Å². The molecule has 0 bridgehead atoms. The third kappa shape index (κ3) is 4.42. The lowest BCUT2D eigenvalue weighted by Crippen LogP contribution is -2.38. The standard InChI is InChI=1S/C19H14Cl2F2N4O2.C2H6/c20-12-6-10(9-28)7-15(16(12)23)26-5-3-11-17(19(26)29)25-27(18(11)21)8-14-13(22)2-1-4-24-14;1-2/h1-2,4,6-7,28H,3,5,8-9H2;1-2H3. The van der Waals surface area contributed by atoms with Crippen LogP contribution in [0.3, 0.4) is 0 Å². The highest BCUT2D eigenvalue weighted by molar-refractivity contribution is 6.32. The molecule has 1 aliphatic heterocycles. The van der Waals surface area contributed by atoms with Gasteiger partial charge in [0.2, 0.25) is 0 Å². The Morgan fingerprint density at radius 3 is 2.65 bits per heavy atom. The number of amides is 1. The van der Waals surface area contributed by atoms with Crippen molar-refractivity contribution in [2.24, 2.45) is 0 Å². The number of halogens is 4. The van der Waals surface area contributed by atoms with Gasteiger partial charge in [-0.1, -0.05) is 37.0 Å². The number of hydrogen-bond acceptors (Lipinski definition) is 4. The molecule has 0 aliphatic carbocycles. The molecule has 1 N–H and O–H groups in total. The predicted octanol–water partition coefficient (Wildman–Crippen LogP) is 4.63. The molecule has 0 radical (unpaired) electrons. The first-order valence-corrected chi connectivity index (χ1v) is 10.4. The number of pyridine rings is 1. The molecule has 0 atom stereocenters. The second-order valence-corrected chi connectivity index (χ2v) is 7.25. The molecule has 31 heavy (non-hydrogen) atoms. The number of carbonyl (C=O) groups is 1. The van der Waals surface area contributed by atoms with Gasteiger partial charge in [-0.25, -0.2) is 13.5 Å². The monoisotopic (exact) mass is 468 g/mol. The highest BCUT2D eigenvalue weighted by Gasteiger charge is 2.33. The normalized spacial score (nSPS) is 13.0. The molecule has 0 fully saturated rings. The van der Waals surface area contributed by atoms with Gasteiger partial charge in [-0.05, 0) is 36.2 Å². The maximum Gasteiger partial charge on any atom is 0.279 e. The van der Waals surface area contributed by atoms with Crippen LogP contribution in [-0.2, 0) is 19.6 Å². The summed E-state index contributed by atoms with van der Waals surface area (Å²) in [5.41, 5.74) is 1.03. The number of carbonyl (C=O) groups excluding carboxylic acids is 1. The first kappa shape index (κ1) is 23.1. The van der Waals surface area contributed by atoms with E-state index in [9.17, 15) is 18.7 Å². The van der Waals surface area contributed by atoms with Crippen LogP contribution in [-0.4, -0.2) is 32.3 Å². The average Bonchev–Trinajstić information content (AvgIpc) is 3.10. The van der Waals surface area contributed by atoms with Gasteiger partial charge < -0.3 is 10.0 Å². The maximum atomic E-state index is 14.6. The smallest absolute Gasteiger partial charge is 0.279 e. The van der Waals surface area contributed by atoms with Gasteiger partial charge in [-0.3, -0.25) is 9.78 Å². The van der Waals surface area contributed by atoms with Crippen LogP contribution in [0.1, 0.15) is 41.2 Å². The van der Waals surface area contributed by atoms with E-state index in [0.717, 1.165) is 0 Å². The topological polar surface area (TPSA) is 71.2 Å². The lowest BCUT2D eigenvalue weighted by atomic mass is 10.1. The summed E-state index contributed by atoms with van der Waals surface area (Å²) in [5.74, 6) is -1.83. The highest BCUT2D eigenvalue weighted by Crippen LogP contribution is 2.33. The second kappa shape index (κ2) is 9.72. The average molecular weight is 469 g/mol. The Balaban J connectivity index is 0.00000132. The molecule has 10 heteroatoms. The van der Waals surface area contributed by atoms with E-state index in [4.69, 9.17) is 23.2 Å². The van der Waals surface area contributed by atoms with Gasteiger partial charge in [0, 0.05) is 18.3 Å². The van der Waals surface area contributed by atoms with Crippen LogP contribution in [0.25, 0.3) is 0 Å². The van der Waals surface area contributed by atoms with Crippen molar-refractivity contribution in [3.05, 3.63) is 74.8 Å². The molecule has 0 spiro atoms. The third-order valence-corrected chi connectivity index (χ3v) is 5.39. The van der Waals surface area contributed by atoms with Crippen molar-refractivity contribution in [3.8, 4) is 0 Å². The minimum Gasteiger partial charge on any atom is -0.392 e. The van der Waals surface area contributed by atoms with E-state index in [1.54, 1.807) is 0 Å². The fourth-order valence-electron chi connectivity index (χ4n) is 3.25. The number of aliphatic hydroxyl groups is 1. The van der Waals surface area contributed by atoms with Crippen molar-refractivity contribution < 1.29 is 18.7 Å². The predicted molar refractivity (Wildman–Crippen MR) is 115 cm³/mol. The van der Waals surface area contributed by atoms with Crippen molar-refractivity contribution in [3.63, 3.8) is 0 Å². The van der Waals surface area contributed by atoms with Crippen LogP contribution in [0.4, 0.5) is 14.5 Å². The molecule has 164 valence electrons.